The van der Waals surface area contributed by atoms with Crippen molar-refractivity contribution in [1.82, 2.24) is 0 Å². The standard InChI is InChI=1S/C7H16O2S2/c1-2-11-7-9-6-8-4-3-5-10/h10H,2-7H2,1H3. The van der Waals surface area contributed by atoms with Crippen molar-refractivity contribution >= 4 is 24.4 Å². The molecule has 0 rings (SSSR count). The Morgan fingerprint density at radius 1 is 1.36 bits per heavy atom. The molecule has 0 saturated carbocycles. The quantitative estimate of drug-likeness (QED) is 0.364. The van der Waals surface area contributed by atoms with Crippen molar-refractivity contribution in [2.24, 2.45) is 0 Å². The van der Waals surface area contributed by atoms with Crippen LogP contribution in [0.15, 0.2) is 0 Å². The van der Waals surface area contributed by atoms with E-state index in [1.807, 2.05) is 0 Å². The average Bonchev–Trinajstić information content (AvgIpc) is 2.03. The van der Waals surface area contributed by atoms with Crippen LogP contribution < -0.4 is 0 Å². The van der Waals surface area contributed by atoms with Gasteiger partial charge in [0, 0.05) is 0 Å². The number of hydrogen-bond acceptors (Lipinski definition) is 4. The summed E-state index contributed by atoms with van der Waals surface area (Å²) < 4.78 is 10.3. The van der Waals surface area contributed by atoms with Crippen molar-refractivity contribution in [2.45, 2.75) is 13.3 Å². The molecule has 11 heavy (non-hydrogen) atoms. The molecule has 0 aromatic heterocycles. The second kappa shape index (κ2) is 10.6. The normalized spacial score (nSPS) is 10.4. The summed E-state index contributed by atoms with van der Waals surface area (Å²) in [4.78, 5) is 0. The topological polar surface area (TPSA) is 18.5 Å². The summed E-state index contributed by atoms with van der Waals surface area (Å²) in [5.41, 5.74) is 0. The zero-order chi connectivity index (χ0) is 8.36. The van der Waals surface area contributed by atoms with Gasteiger partial charge in [0.25, 0.3) is 0 Å². The Labute approximate surface area is 78.4 Å². The van der Waals surface area contributed by atoms with E-state index >= 15 is 0 Å². The van der Waals surface area contributed by atoms with Gasteiger partial charge in [-0.05, 0) is 17.9 Å². The van der Waals surface area contributed by atoms with Gasteiger partial charge in [0.2, 0.25) is 0 Å². The van der Waals surface area contributed by atoms with Crippen molar-refractivity contribution in [2.75, 3.05) is 30.8 Å². The maximum Gasteiger partial charge on any atom is 0.147 e. The van der Waals surface area contributed by atoms with Crippen molar-refractivity contribution in [3.63, 3.8) is 0 Å². The molecule has 0 aromatic carbocycles. The summed E-state index contributed by atoms with van der Waals surface area (Å²) in [6, 6.07) is 0. The van der Waals surface area contributed by atoms with Crippen LogP contribution in [-0.4, -0.2) is 30.8 Å². The predicted octanol–water partition coefficient (Wildman–Crippen LogP) is 2.01. The largest absolute Gasteiger partial charge is 0.355 e. The number of ether oxygens (including phenoxy) is 2. The Morgan fingerprint density at radius 3 is 2.82 bits per heavy atom. The summed E-state index contributed by atoms with van der Waals surface area (Å²) in [6.07, 6.45) is 0.993. The summed E-state index contributed by atoms with van der Waals surface area (Å²) in [5, 5.41) is 0. The van der Waals surface area contributed by atoms with Crippen LogP contribution in [-0.2, 0) is 9.47 Å². The van der Waals surface area contributed by atoms with Crippen molar-refractivity contribution < 1.29 is 9.47 Å². The summed E-state index contributed by atoms with van der Waals surface area (Å²) in [6.45, 7) is 3.27. The molecule has 0 amide bonds. The molecule has 2 nitrogen and oxygen atoms in total. The van der Waals surface area contributed by atoms with Gasteiger partial charge >= 0.3 is 0 Å². The van der Waals surface area contributed by atoms with Crippen LogP contribution in [0.4, 0.5) is 0 Å². The molecule has 0 aromatic rings. The maximum absolute atomic E-state index is 5.14. The summed E-state index contributed by atoms with van der Waals surface area (Å²) in [7, 11) is 0. The summed E-state index contributed by atoms with van der Waals surface area (Å²) >= 11 is 5.81. The Kier molecular flexibility index (Phi) is 11.2. The zero-order valence-electron chi connectivity index (χ0n) is 6.91. The van der Waals surface area contributed by atoms with Gasteiger partial charge in [0.15, 0.2) is 0 Å². The molecule has 0 spiro atoms. The monoisotopic (exact) mass is 196 g/mol. The van der Waals surface area contributed by atoms with E-state index in [-0.39, 0.29) is 0 Å². The average molecular weight is 196 g/mol. The van der Waals surface area contributed by atoms with Crippen molar-refractivity contribution in [3.05, 3.63) is 0 Å². The highest BCUT2D eigenvalue weighted by molar-refractivity contribution is 7.99. The van der Waals surface area contributed by atoms with Gasteiger partial charge < -0.3 is 9.47 Å². The minimum absolute atomic E-state index is 0.417. The molecule has 0 heterocycles. The lowest BCUT2D eigenvalue weighted by molar-refractivity contribution is -0.0356. The first-order chi connectivity index (χ1) is 5.41. The van der Waals surface area contributed by atoms with Crippen LogP contribution in [0, 0.1) is 0 Å². The van der Waals surface area contributed by atoms with E-state index in [0.29, 0.717) is 6.79 Å². The van der Waals surface area contributed by atoms with Crippen LogP contribution in [0.3, 0.4) is 0 Å². The Morgan fingerprint density at radius 2 is 2.18 bits per heavy atom. The maximum atomic E-state index is 5.14. The molecule has 68 valence electrons. The molecule has 0 unspecified atom stereocenters. The van der Waals surface area contributed by atoms with Crippen LogP contribution in [0.1, 0.15) is 13.3 Å². The third-order valence-electron chi connectivity index (χ3n) is 0.984. The van der Waals surface area contributed by atoms with Crippen molar-refractivity contribution in [1.29, 1.82) is 0 Å². The van der Waals surface area contributed by atoms with E-state index in [1.54, 1.807) is 11.8 Å². The SMILES string of the molecule is CCSCOCOCCCS. The molecule has 0 aliphatic heterocycles. The molecule has 0 aliphatic rings. The van der Waals surface area contributed by atoms with Gasteiger partial charge in [-0.3, -0.25) is 0 Å². The van der Waals surface area contributed by atoms with E-state index in [1.165, 1.54) is 0 Å². The fourth-order valence-corrected chi connectivity index (χ4v) is 0.942. The Hall–Kier alpha value is 0.620. The number of thiol groups is 1. The molecule has 0 N–H and O–H groups in total. The highest BCUT2D eigenvalue weighted by Gasteiger charge is 1.87. The zero-order valence-corrected chi connectivity index (χ0v) is 8.63. The third kappa shape index (κ3) is 10.6. The van der Waals surface area contributed by atoms with E-state index in [9.17, 15) is 0 Å². The molecular weight excluding hydrogens is 180 g/mol. The molecule has 0 aliphatic carbocycles. The molecular formula is C7H16O2S2. The van der Waals surface area contributed by atoms with Crippen LogP contribution in [0.2, 0.25) is 0 Å². The Bertz CT molecular complexity index is 63.5. The first kappa shape index (κ1) is 11.6. The van der Waals surface area contributed by atoms with Gasteiger partial charge in [-0.25, -0.2) is 0 Å². The van der Waals surface area contributed by atoms with Gasteiger partial charge in [-0.2, -0.15) is 12.6 Å². The number of thioether (sulfide) groups is 1. The third-order valence-corrected chi connectivity index (χ3v) is 2.04. The molecule has 0 radical (unpaired) electrons. The number of rotatable bonds is 8. The lowest BCUT2D eigenvalue weighted by Crippen LogP contribution is -2.01. The highest BCUT2D eigenvalue weighted by Crippen LogP contribution is 1.98. The molecule has 0 saturated heterocycles. The van der Waals surface area contributed by atoms with E-state index in [4.69, 9.17) is 9.47 Å². The fourth-order valence-electron chi connectivity index (χ4n) is 0.461. The highest BCUT2D eigenvalue weighted by atomic mass is 32.2. The first-order valence-electron chi connectivity index (χ1n) is 3.76. The second-order valence-corrected chi connectivity index (χ2v) is 3.59. The van der Waals surface area contributed by atoms with Gasteiger partial charge in [0.1, 0.15) is 6.79 Å². The second-order valence-electron chi connectivity index (χ2n) is 1.92. The fraction of sp³-hybridized carbons (Fsp3) is 1.00. The van der Waals surface area contributed by atoms with Crippen LogP contribution in [0.5, 0.6) is 0 Å². The van der Waals surface area contributed by atoms with E-state index in [0.717, 1.165) is 30.5 Å². The van der Waals surface area contributed by atoms with Gasteiger partial charge in [-0.1, -0.05) is 6.92 Å². The lowest BCUT2D eigenvalue weighted by Gasteiger charge is -2.03. The first-order valence-corrected chi connectivity index (χ1v) is 5.54. The molecule has 0 atom stereocenters. The Balaban J connectivity index is 2.69. The van der Waals surface area contributed by atoms with E-state index in [2.05, 4.69) is 19.6 Å². The van der Waals surface area contributed by atoms with Gasteiger partial charge in [-0.15, -0.1) is 11.8 Å². The summed E-state index contributed by atoms with van der Waals surface area (Å²) in [5.74, 6) is 2.71. The molecule has 4 heteroatoms. The smallest absolute Gasteiger partial charge is 0.147 e. The molecule has 0 fully saturated rings. The minimum Gasteiger partial charge on any atom is -0.355 e. The van der Waals surface area contributed by atoms with Crippen LogP contribution >= 0.6 is 24.4 Å². The lowest BCUT2D eigenvalue weighted by atomic mass is 10.5. The molecule has 0 bridgehead atoms. The van der Waals surface area contributed by atoms with E-state index < -0.39 is 0 Å². The van der Waals surface area contributed by atoms with Crippen LogP contribution in [0.25, 0.3) is 0 Å². The van der Waals surface area contributed by atoms with Gasteiger partial charge in [0.05, 0.1) is 12.5 Å². The number of hydrogen-bond donors (Lipinski definition) is 1. The minimum atomic E-state index is 0.417. The van der Waals surface area contributed by atoms with Crippen molar-refractivity contribution in [3.8, 4) is 0 Å². The predicted molar refractivity (Wildman–Crippen MR) is 53.4 cm³/mol.